The highest BCUT2D eigenvalue weighted by Gasteiger charge is 2.16. The number of hydrogen-bond acceptors (Lipinski definition) is 8. The molecule has 9 heteroatoms. The Balaban J connectivity index is 1.54. The zero-order valence-corrected chi connectivity index (χ0v) is 16.9. The molecule has 0 atom stereocenters. The van der Waals surface area contributed by atoms with Gasteiger partial charge in [0.2, 0.25) is 0 Å². The van der Waals surface area contributed by atoms with Gasteiger partial charge in [0.15, 0.2) is 0 Å². The van der Waals surface area contributed by atoms with Crippen molar-refractivity contribution in [1.29, 1.82) is 0 Å². The highest BCUT2D eigenvalue weighted by molar-refractivity contribution is 7.98. The number of para-hydroxylation sites is 1. The molecule has 0 fully saturated rings. The average Bonchev–Trinajstić information content (AvgIpc) is 3.26. The Bertz CT molecular complexity index is 1150. The molecule has 1 aromatic carbocycles. The lowest BCUT2D eigenvalue weighted by Crippen LogP contribution is -2.19. The van der Waals surface area contributed by atoms with E-state index in [0.717, 1.165) is 21.8 Å². The van der Waals surface area contributed by atoms with Gasteiger partial charge in [0, 0.05) is 37.1 Å². The van der Waals surface area contributed by atoms with Gasteiger partial charge >= 0.3 is 6.01 Å². The molecule has 0 aliphatic carbocycles. The maximum absolute atomic E-state index is 12.1. The number of hydrogen-bond donors (Lipinski definition) is 2. The van der Waals surface area contributed by atoms with E-state index in [2.05, 4.69) is 30.8 Å². The van der Waals surface area contributed by atoms with Crippen molar-refractivity contribution in [3.8, 4) is 11.5 Å². The molecule has 0 spiro atoms. The van der Waals surface area contributed by atoms with Gasteiger partial charge in [0.05, 0.1) is 11.1 Å². The van der Waals surface area contributed by atoms with Crippen molar-refractivity contribution in [3.05, 3.63) is 78.2 Å². The normalized spacial score (nSPS) is 10.6. The fourth-order valence-electron chi connectivity index (χ4n) is 2.73. The van der Waals surface area contributed by atoms with Crippen LogP contribution in [0.1, 0.15) is 15.9 Å². The number of nitrogens with one attached hydrogen (secondary N) is 2. The van der Waals surface area contributed by atoms with Crippen LogP contribution in [0.4, 0.5) is 11.7 Å². The zero-order chi connectivity index (χ0) is 20.8. The molecule has 0 saturated carbocycles. The van der Waals surface area contributed by atoms with Gasteiger partial charge < -0.3 is 15.1 Å². The van der Waals surface area contributed by atoms with Crippen LogP contribution in [0, 0.1) is 0 Å². The fraction of sp³-hybridized carbons (Fsp3) is 0.0952. The molecule has 0 bridgehead atoms. The van der Waals surface area contributed by atoms with Crippen LogP contribution in [0.5, 0.6) is 0 Å². The summed E-state index contributed by atoms with van der Waals surface area (Å²) in [6, 6.07) is 15.4. The summed E-state index contributed by atoms with van der Waals surface area (Å²) < 4.78 is 5.78. The first-order chi connectivity index (χ1) is 14.7. The maximum Gasteiger partial charge on any atom is 0.320 e. The van der Waals surface area contributed by atoms with Crippen LogP contribution in [0.3, 0.4) is 0 Å². The molecule has 0 aliphatic heterocycles. The Morgan fingerprint density at radius 2 is 1.93 bits per heavy atom. The lowest BCUT2D eigenvalue weighted by molar-refractivity contribution is 0.0962. The summed E-state index contributed by atoms with van der Waals surface area (Å²) >= 11 is 1.48. The zero-order valence-electron chi connectivity index (χ0n) is 16.1. The van der Waals surface area contributed by atoms with Crippen LogP contribution in [-0.4, -0.2) is 33.1 Å². The van der Waals surface area contributed by atoms with E-state index in [9.17, 15) is 4.79 Å². The number of benzene rings is 1. The molecular weight excluding hydrogens is 400 g/mol. The van der Waals surface area contributed by atoms with Gasteiger partial charge in [-0.15, -0.1) is 16.9 Å². The third kappa shape index (κ3) is 4.47. The molecule has 150 valence electrons. The molecule has 0 saturated heterocycles. The maximum atomic E-state index is 12.1. The standard InChI is InChI=1S/C21H18N6O2S/c1-22-18(28)17-12-23-11-9-14(17)13-30-20-16(8-5-10-24-20)19-26-27-21(29-19)25-15-6-3-2-4-7-15/h2-12H,13H2,1H3,(H,22,28)(H,25,27). The van der Waals surface area contributed by atoms with E-state index in [0.29, 0.717) is 23.2 Å². The summed E-state index contributed by atoms with van der Waals surface area (Å²) in [6.45, 7) is 0. The number of carbonyl (C=O) groups excluding carboxylic acids is 1. The Hall–Kier alpha value is -3.72. The van der Waals surface area contributed by atoms with Gasteiger partial charge in [-0.25, -0.2) is 4.98 Å². The molecule has 0 radical (unpaired) electrons. The number of pyridine rings is 2. The highest BCUT2D eigenvalue weighted by Crippen LogP contribution is 2.32. The second kappa shape index (κ2) is 9.19. The molecule has 4 rings (SSSR count). The van der Waals surface area contributed by atoms with Crippen molar-refractivity contribution in [2.45, 2.75) is 10.8 Å². The summed E-state index contributed by atoms with van der Waals surface area (Å²) in [5, 5.41) is 14.7. The average molecular weight is 418 g/mol. The van der Waals surface area contributed by atoms with E-state index in [4.69, 9.17) is 4.42 Å². The molecule has 3 heterocycles. The molecule has 2 N–H and O–H groups in total. The first kappa shape index (κ1) is 19.6. The number of nitrogens with zero attached hydrogens (tertiary/aromatic N) is 4. The molecule has 30 heavy (non-hydrogen) atoms. The quantitative estimate of drug-likeness (QED) is 0.435. The van der Waals surface area contributed by atoms with E-state index in [1.165, 1.54) is 11.8 Å². The van der Waals surface area contributed by atoms with E-state index in [-0.39, 0.29) is 5.91 Å². The predicted octanol–water partition coefficient (Wildman–Crippen LogP) is 3.92. The summed E-state index contributed by atoms with van der Waals surface area (Å²) in [7, 11) is 1.60. The van der Waals surface area contributed by atoms with Crippen LogP contribution in [0.25, 0.3) is 11.5 Å². The first-order valence-corrected chi connectivity index (χ1v) is 10.1. The van der Waals surface area contributed by atoms with Crippen molar-refractivity contribution >= 4 is 29.4 Å². The van der Waals surface area contributed by atoms with Crippen molar-refractivity contribution in [1.82, 2.24) is 25.5 Å². The molecular formula is C21H18N6O2S. The van der Waals surface area contributed by atoms with Crippen molar-refractivity contribution < 1.29 is 9.21 Å². The topological polar surface area (TPSA) is 106 Å². The van der Waals surface area contributed by atoms with Crippen LogP contribution in [-0.2, 0) is 5.75 Å². The largest absolute Gasteiger partial charge is 0.403 e. The second-order valence-electron chi connectivity index (χ2n) is 6.16. The predicted molar refractivity (Wildman–Crippen MR) is 114 cm³/mol. The number of carbonyl (C=O) groups is 1. The summed E-state index contributed by atoms with van der Waals surface area (Å²) in [6.07, 6.45) is 4.94. The highest BCUT2D eigenvalue weighted by atomic mass is 32.2. The third-order valence-corrected chi connectivity index (χ3v) is 5.25. The smallest absolute Gasteiger partial charge is 0.320 e. The molecule has 8 nitrogen and oxygen atoms in total. The third-order valence-electron chi connectivity index (χ3n) is 4.20. The molecule has 0 aliphatic rings. The molecule has 3 aromatic heterocycles. The number of anilines is 2. The van der Waals surface area contributed by atoms with E-state index >= 15 is 0 Å². The molecule has 4 aromatic rings. The summed E-state index contributed by atoms with van der Waals surface area (Å²) in [5.74, 6) is 0.734. The van der Waals surface area contributed by atoms with Crippen LogP contribution < -0.4 is 10.6 Å². The Labute approximate surface area is 177 Å². The minimum Gasteiger partial charge on any atom is -0.403 e. The number of aromatic nitrogens is 4. The second-order valence-corrected chi connectivity index (χ2v) is 7.12. The first-order valence-electron chi connectivity index (χ1n) is 9.13. The number of amides is 1. The lowest BCUT2D eigenvalue weighted by Gasteiger charge is -2.08. The fourth-order valence-corrected chi connectivity index (χ4v) is 3.72. The van der Waals surface area contributed by atoms with Gasteiger partial charge in [0.1, 0.15) is 5.03 Å². The molecule has 0 unspecified atom stereocenters. The summed E-state index contributed by atoms with van der Waals surface area (Å²) in [4.78, 5) is 20.6. The van der Waals surface area contributed by atoms with Crippen LogP contribution in [0.2, 0.25) is 0 Å². The van der Waals surface area contributed by atoms with Gasteiger partial charge in [-0.3, -0.25) is 9.78 Å². The Kier molecular flexibility index (Phi) is 6.00. The van der Waals surface area contributed by atoms with Gasteiger partial charge in [-0.1, -0.05) is 23.3 Å². The van der Waals surface area contributed by atoms with E-state index in [1.54, 1.807) is 25.6 Å². The van der Waals surface area contributed by atoms with Crippen LogP contribution >= 0.6 is 11.8 Å². The van der Waals surface area contributed by atoms with Crippen LogP contribution in [0.15, 0.2) is 76.6 Å². The monoisotopic (exact) mass is 418 g/mol. The Morgan fingerprint density at radius 1 is 1.07 bits per heavy atom. The lowest BCUT2D eigenvalue weighted by atomic mass is 10.1. The Morgan fingerprint density at radius 3 is 2.77 bits per heavy atom. The van der Waals surface area contributed by atoms with Crippen molar-refractivity contribution in [3.63, 3.8) is 0 Å². The van der Waals surface area contributed by atoms with Crippen molar-refractivity contribution in [2.75, 3.05) is 12.4 Å². The van der Waals surface area contributed by atoms with E-state index in [1.807, 2.05) is 48.5 Å². The SMILES string of the molecule is CNC(=O)c1cnccc1CSc1ncccc1-c1nnc(Nc2ccccc2)o1. The minimum atomic E-state index is -0.173. The van der Waals surface area contributed by atoms with Gasteiger partial charge in [-0.05, 0) is 35.9 Å². The number of rotatable bonds is 7. The summed E-state index contributed by atoms with van der Waals surface area (Å²) in [5.41, 5.74) is 2.99. The minimum absolute atomic E-state index is 0.173. The molecule has 1 amide bonds. The van der Waals surface area contributed by atoms with Gasteiger partial charge in [0.25, 0.3) is 11.8 Å². The number of thioether (sulfide) groups is 1. The van der Waals surface area contributed by atoms with Gasteiger partial charge in [-0.2, -0.15) is 0 Å². The van der Waals surface area contributed by atoms with Crippen molar-refractivity contribution in [2.24, 2.45) is 0 Å². The van der Waals surface area contributed by atoms with E-state index < -0.39 is 0 Å².